The minimum absolute atomic E-state index is 0.238. The van der Waals surface area contributed by atoms with Gasteiger partial charge in [0.2, 0.25) is 0 Å². The van der Waals surface area contributed by atoms with Gasteiger partial charge in [-0.05, 0) is 32.4 Å². The van der Waals surface area contributed by atoms with E-state index in [1.54, 1.807) is 11.2 Å². The van der Waals surface area contributed by atoms with E-state index in [0.717, 1.165) is 57.4 Å². The minimum atomic E-state index is -0.238. The number of aliphatic imine (C=N–C) groups is 1. The van der Waals surface area contributed by atoms with Gasteiger partial charge in [0.15, 0.2) is 5.96 Å². The van der Waals surface area contributed by atoms with Crippen LogP contribution in [0.25, 0.3) is 0 Å². The van der Waals surface area contributed by atoms with E-state index in [-0.39, 0.29) is 6.09 Å². The monoisotopic (exact) mass is 380 g/mol. The Balaban J connectivity index is 1.84. The fraction of sp³-hybridized carbons (Fsp3) is 0.684. The summed E-state index contributed by atoms with van der Waals surface area (Å²) in [5.74, 6) is 1.83. The molecular weight excluding hydrogens is 348 g/mol. The number of piperazine rings is 1. The summed E-state index contributed by atoms with van der Waals surface area (Å²) in [4.78, 5) is 20.5. The first-order chi connectivity index (χ1) is 13.2. The summed E-state index contributed by atoms with van der Waals surface area (Å²) in [5.41, 5.74) is 0. The Morgan fingerprint density at radius 2 is 2.00 bits per heavy atom. The molecule has 0 atom stereocenters. The number of carbonyl (C=O) groups excluding carboxylic acids is 1. The van der Waals surface area contributed by atoms with Crippen LogP contribution in [0.4, 0.5) is 4.79 Å². The predicted molar refractivity (Wildman–Crippen MR) is 104 cm³/mol. The zero-order valence-corrected chi connectivity index (χ0v) is 16.5. The number of furan rings is 1. The zero-order chi connectivity index (χ0) is 19.3. The highest BCUT2D eigenvalue weighted by Gasteiger charge is 2.23. The van der Waals surface area contributed by atoms with E-state index in [0.29, 0.717) is 26.2 Å². The van der Waals surface area contributed by atoms with Crippen molar-refractivity contribution in [3.05, 3.63) is 24.2 Å². The molecule has 1 aliphatic rings. The maximum Gasteiger partial charge on any atom is 0.409 e. The zero-order valence-electron chi connectivity index (χ0n) is 16.5. The number of rotatable bonds is 9. The van der Waals surface area contributed by atoms with Crippen LogP contribution in [0.1, 0.15) is 26.0 Å². The highest BCUT2D eigenvalue weighted by molar-refractivity contribution is 5.80. The average Bonchev–Trinajstić information content (AvgIpc) is 3.20. The molecule has 1 N–H and O–H groups in total. The van der Waals surface area contributed by atoms with Crippen molar-refractivity contribution in [1.82, 2.24) is 15.1 Å². The maximum absolute atomic E-state index is 11.9. The summed E-state index contributed by atoms with van der Waals surface area (Å²) in [6.07, 6.45) is 3.14. The van der Waals surface area contributed by atoms with Crippen LogP contribution < -0.4 is 5.32 Å². The fourth-order valence-corrected chi connectivity index (χ4v) is 2.83. The molecular formula is C19H32N4O4. The Kier molecular flexibility index (Phi) is 9.54. The molecule has 152 valence electrons. The summed E-state index contributed by atoms with van der Waals surface area (Å²) < 4.78 is 15.8. The van der Waals surface area contributed by atoms with Crippen molar-refractivity contribution in [3.8, 4) is 0 Å². The highest BCUT2D eigenvalue weighted by Crippen LogP contribution is 2.05. The van der Waals surface area contributed by atoms with Gasteiger partial charge in [0, 0.05) is 58.9 Å². The lowest BCUT2D eigenvalue weighted by Gasteiger charge is -2.36. The van der Waals surface area contributed by atoms with Crippen LogP contribution >= 0.6 is 0 Å². The van der Waals surface area contributed by atoms with Gasteiger partial charge < -0.3 is 29.0 Å². The second-order valence-electron chi connectivity index (χ2n) is 6.18. The third-order valence-corrected chi connectivity index (χ3v) is 4.25. The molecule has 0 aliphatic carbocycles. The molecule has 8 nitrogen and oxygen atoms in total. The van der Waals surface area contributed by atoms with E-state index in [1.807, 2.05) is 26.0 Å². The van der Waals surface area contributed by atoms with Gasteiger partial charge in [0.05, 0.1) is 12.9 Å². The Hall–Kier alpha value is -2.22. The molecule has 27 heavy (non-hydrogen) atoms. The molecule has 2 rings (SSSR count). The number of nitrogens with one attached hydrogen (secondary N) is 1. The molecule has 1 saturated heterocycles. The van der Waals surface area contributed by atoms with Crippen LogP contribution in [0.3, 0.4) is 0 Å². The Bertz CT molecular complexity index is 554. The van der Waals surface area contributed by atoms with Gasteiger partial charge in [-0.15, -0.1) is 0 Å². The van der Waals surface area contributed by atoms with E-state index in [1.165, 1.54) is 0 Å². The van der Waals surface area contributed by atoms with Crippen molar-refractivity contribution < 1.29 is 18.7 Å². The quantitative estimate of drug-likeness (QED) is 0.401. The third-order valence-electron chi connectivity index (χ3n) is 4.25. The number of hydrogen-bond donors (Lipinski definition) is 1. The first-order valence-corrected chi connectivity index (χ1v) is 9.79. The van der Waals surface area contributed by atoms with Crippen LogP contribution in [0.2, 0.25) is 0 Å². The lowest BCUT2D eigenvalue weighted by molar-refractivity contribution is 0.0914. The SMILES string of the molecule is CCOCCCN=C(NCCc1ccco1)N1CCN(C(=O)OCC)CC1. The predicted octanol–water partition coefficient (Wildman–Crippen LogP) is 1.97. The molecule has 0 spiro atoms. The van der Waals surface area contributed by atoms with Crippen molar-refractivity contribution in [2.24, 2.45) is 4.99 Å². The number of guanidine groups is 1. The second kappa shape index (κ2) is 12.2. The molecule has 1 amide bonds. The van der Waals surface area contributed by atoms with E-state index in [4.69, 9.17) is 18.9 Å². The van der Waals surface area contributed by atoms with Gasteiger partial charge in [-0.1, -0.05) is 0 Å². The summed E-state index contributed by atoms with van der Waals surface area (Å²) in [5, 5.41) is 3.43. The Labute approximate surface area is 161 Å². The molecule has 0 unspecified atom stereocenters. The first kappa shape index (κ1) is 21.1. The summed E-state index contributed by atoms with van der Waals surface area (Å²) in [6.45, 7) is 9.86. The molecule has 2 heterocycles. The Morgan fingerprint density at radius 1 is 1.22 bits per heavy atom. The molecule has 0 aromatic carbocycles. The molecule has 1 aromatic heterocycles. The Morgan fingerprint density at radius 3 is 2.67 bits per heavy atom. The summed E-state index contributed by atoms with van der Waals surface area (Å²) >= 11 is 0. The van der Waals surface area contributed by atoms with Crippen LogP contribution in [-0.4, -0.2) is 80.9 Å². The first-order valence-electron chi connectivity index (χ1n) is 9.79. The molecule has 1 aliphatic heterocycles. The number of nitrogens with zero attached hydrogens (tertiary/aromatic N) is 3. The van der Waals surface area contributed by atoms with Crippen molar-refractivity contribution in [2.45, 2.75) is 26.7 Å². The summed E-state index contributed by atoms with van der Waals surface area (Å²) in [6, 6.07) is 3.87. The molecule has 0 saturated carbocycles. The molecule has 1 aromatic rings. The normalized spacial score (nSPS) is 15.1. The smallest absolute Gasteiger partial charge is 0.409 e. The molecule has 0 bridgehead atoms. The van der Waals surface area contributed by atoms with Gasteiger partial charge in [0.1, 0.15) is 5.76 Å². The van der Waals surface area contributed by atoms with E-state index < -0.39 is 0 Å². The third kappa shape index (κ3) is 7.50. The largest absolute Gasteiger partial charge is 0.469 e. The van der Waals surface area contributed by atoms with Crippen LogP contribution in [0.15, 0.2) is 27.8 Å². The average molecular weight is 380 g/mol. The standard InChI is InChI=1S/C19H32N4O4/c1-3-25-15-6-9-20-18(21-10-8-17-7-5-16-27-17)22-11-13-23(14-12-22)19(24)26-4-2/h5,7,16H,3-4,6,8-15H2,1-2H3,(H,20,21). The van der Waals surface area contributed by atoms with Crippen molar-refractivity contribution in [1.29, 1.82) is 0 Å². The molecule has 1 fully saturated rings. The number of carbonyl (C=O) groups is 1. The van der Waals surface area contributed by atoms with Crippen LogP contribution in [-0.2, 0) is 15.9 Å². The second-order valence-corrected chi connectivity index (χ2v) is 6.18. The molecule has 8 heteroatoms. The van der Waals surface area contributed by atoms with Gasteiger partial charge in [-0.2, -0.15) is 0 Å². The summed E-state index contributed by atoms with van der Waals surface area (Å²) in [7, 11) is 0. The lowest BCUT2D eigenvalue weighted by atomic mass is 10.3. The van der Waals surface area contributed by atoms with Gasteiger partial charge in [-0.3, -0.25) is 4.99 Å². The highest BCUT2D eigenvalue weighted by atomic mass is 16.6. The van der Waals surface area contributed by atoms with E-state index in [2.05, 4.69) is 10.2 Å². The van der Waals surface area contributed by atoms with Crippen LogP contribution in [0.5, 0.6) is 0 Å². The van der Waals surface area contributed by atoms with Crippen molar-refractivity contribution in [3.63, 3.8) is 0 Å². The number of hydrogen-bond acceptors (Lipinski definition) is 5. The lowest BCUT2D eigenvalue weighted by Crippen LogP contribution is -2.54. The van der Waals surface area contributed by atoms with Gasteiger partial charge >= 0.3 is 6.09 Å². The van der Waals surface area contributed by atoms with Crippen molar-refractivity contribution in [2.75, 3.05) is 59.1 Å². The number of ether oxygens (including phenoxy) is 2. The van der Waals surface area contributed by atoms with Gasteiger partial charge in [0.25, 0.3) is 0 Å². The topological polar surface area (TPSA) is 79.5 Å². The van der Waals surface area contributed by atoms with E-state index in [9.17, 15) is 4.79 Å². The van der Waals surface area contributed by atoms with E-state index >= 15 is 0 Å². The van der Waals surface area contributed by atoms with Crippen molar-refractivity contribution >= 4 is 12.1 Å². The fourth-order valence-electron chi connectivity index (χ4n) is 2.83. The maximum atomic E-state index is 11.9. The van der Waals surface area contributed by atoms with Crippen LogP contribution in [0, 0.1) is 0 Å². The minimum Gasteiger partial charge on any atom is -0.469 e. The number of amides is 1. The molecule has 0 radical (unpaired) electrons. The van der Waals surface area contributed by atoms with Gasteiger partial charge in [-0.25, -0.2) is 4.79 Å².